The fourth-order valence-corrected chi connectivity index (χ4v) is 4.84. The molecule has 7 nitrogen and oxygen atoms in total. The average molecular weight is 472 g/mol. The van der Waals surface area contributed by atoms with Crippen LogP contribution in [0.3, 0.4) is 0 Å². The molecule has 0 radical (unpaired) electrons. The minimum atomic E-state index is 0.496. The number of hydrogen-bond acceptors (Lipinski definition) is 6. The van der Waals surface area contributed by atoms with Crippen LogP contribution in [0.4, 0.5) is 5.95 Å². The maximum atomic E-state index is 6.08. The number of nitrogens with one attached hydrogen (secondary N) is 2. The number of nitrogens with zero attached hydrogens (tertiary/aromatic N) is 4. The topological polar surface area (TPSA) is 93.2 Å². The number of aromatic nitrogens is 3. The highest BCUT2D eigenvalue weighted by molar-refractivity contribution is 6.23. The van der Waals surface area contributed by atoms with E-state index in [0.29, 0.717) is 5.92 Å². The highest BCUT2D eigenvalue weighted by Crippen LogP contribution is 2.28. The van der Waals surface area contributed by atoms with Crippen LogP contribution in [0, 0.1) is 12.8 Å². The summed E-state index contributed by atoms with van der Waals surface area (Å²) >= 11 is 0. The van der Waals surface area contributed by atoms with Gasteiger partial charge in [-0.15, -0.1) is 0 Å². The predicted octanol–water partition coefficient (Wildman–Crippen LogP) is 5.12. The number of nitrogens with two attached hydrogens (primary N) is 1. The first-order chi connectivity index (χ1) is 16.9. The number of aliphatic imine (C=N–C) groups is 1. The van der Waals surface area contributed by atoms with Gasteiger partial charge in [0.05, 0.1) is 16.7 Å². The van der Waals surface area contributed by atoms with Crippen LogP contribution in [0.2, 0.25) is 0 Å². The quantitative estimate of drug-likeness (QED) is 0.482. The largest absolute Gasteiger partial charge is 0.404 e. The molecule has 35 heavy (non-hydrogen) atoms. The van der Waals surface area contributed by atoms with E-state index in [9.17, 15) is 0 Å². The van der Waals surface area contributed by atoms with Crippen LogP contribution in [0.1, 0.15) is 55.1 Å². The van der Waals surface area contributed by atoms with Crippen molar-refractivity contribution in [3.8, 4) is 0 Å². The highest BCUT2D eigenvalue weighted by Gasteiger charge is 2.18. The number of anilines is 1. The number of rotatable bonds is 2. The molecule has 2 bridgehead atoms. The van der Waals surface area contributed by atoms with Gasteiger partial charge >= 0.3 is 0 Å². The molecule has 0 amide bonds. The Morgan fingerprint density at radius 2 is 2.09 bits per heavy atom. The summed E-state index contributed by atoms with van der Waals surface area (Å²) in [5.74, 6) is 1.31. The monoisotopic (exact) mass is 471 g/mol. The molecule has 1 aliphatic heterocycles. The molecule has 4 rings (SSSR count). The molecule has 1 atom stereocenters. The van der Waals surface area contributed by atoms with Gasteiger partial charge in [0.2, 0.25) is 5.95 Å². The number of aryl methyl sites for hydroxylation is 1. The zero-order chi connectivity index (χ0) is 24.9. The summed E-state index contributed by atoms with van der Waals surface area (Å²) in [7, 11) is 3.80. The first-order valence-electron chi connectivity index (χ1n) is 12.4. The number of fused-ring (bicyclic) bond motifs is 5. The molecule has 3 aromatic rings. The molecule has 1 aromatic carbocycles. The summed E-state index contributed by atoms with van der Waals surface area (Å²) in [6.07, 6.45) is 5.81. The molecule has 0 saturated carbocycles. The van der Waals surface area contributed by atoms with Gasteiger partial charge in [-0.3, -0.25) is 9.98 Å². The molecule has 1 aliphatic rings. The van der Waals surface area contributed by atoms with E-state index < -0.39 is 0 Å². The Morgan fingerprint density at radius 1 is 1.26 bits per heavy atom. The van der Waals surface area contributed by atoms with Crippen LogP contribution in [-0.4, -0.2) is 34.3 Å². The summed E-state index contributed by atoms with van der Waals surface area (Å²) in [6, 6.07) is 10.6. The predicted molar refractivity (Wildman–Crippen MR) is 147 cm³/mol. The second-order valence-corrected chi connectivity index (χ2v) is 9.49. The fourth-order valence-electron chi connectivity index (χ4n) is 4.84. The smallest absolute Gasteiger partial charge is 0.208 e. The second-order valence-electron chi connectivity index (χ2n) is 9.49. The lowest BCUT2D eigenvalue weighted by molar-refractivity contribution is 0.441. The number of allylic oxidation sites excluding steroid dienone is 1. The lowest BCUT2D eigenvalue weighted by atomic mass is 9.97. The molecule has 0 fully saturated rings. The Morgan fingerprint density at radius 3 is 2.83 bits per heavy atom. The summed E-state index contributed by atoms with van der Waals surface area (Å²) in [5.41, 5.74) is 14.8. The lowest BCUT2D eigenvalue weighted by Crippen LogP contribution is -2.12. The number of imidazole rings is 1. The Kier molecular flexibility index (Phi) is 7.66. The minimum absolute atomic E-state index is 0.496. The molecule has 0 unspecified atom stereocenters. The summed E-state index contributed by atoms with van der Waals surface area (Å²) in [5, 5.41) is 6.77. The van der Waals surface area contributed by atoms with Gasteiger partial charge in [-0.05, 0) is 69.0 Å². The van der Waals surface area contributed by atoms with Gasteiger partial charge in [-0.2, -0.15) is 0 Å². The molecule has 0 saturated heterocycles. The number of benzene rings is 1. The van der Waals surface area contributed by atoms with Crippen molar-refractivity contribution in [3.63, 3.8) is 0 Å². The minimum Gasteiger partial charge on any atom is -0.404 e. The standard InChI is InChI=1S/C28H37N7/c1-18-8-6-7-9-24(31-5)23(15-29)26-14-22(12-19(2)32-26)20(3)33-28-34-25-11-10-21(16-30-4)13-27(25)35(28)17-18/h10-15,18,30H,3,6-9,16-17,29H2,1-2,4-5H3,(H,33,34)/t18-/m1/s1. The molecule has 0 spiro atoms. The van der Waals surface area contributed by atoms with Crippen molar-refractivity contribution in [2.75, 3.05) is 19.4 Å². The SMILES string of the molecule is C=C1Nc2nc3ccc(CNC)cc3n2C[C@H](C)CCCCC(=NC)C(=CN)c2cc1cc(C)n2. The van der Waals surface area contributed by atoms with E-state index in [2.05, 4.69) is 51.9 Å². The maximum absolute atomic E-state index is 6.08. The Bertz CT molecular complexity index is 1280. The van der Waals surface area contributed by atoms with Crippen molar-refractivity contribution < 1.29 is 0 Å². The van der Waals surface area contributed by atoms with Gasteiger partial charge in [0.15, 0.2) is 0 Å². The van der Waals surface area contributed by atoms with Crippen molar-refractivity contribution in [1.29, 1.82) is 0 Å². The Balaban J connectivity index is 1.81. The number of pyridine rings is 1. The van der Waals surface area contributed by atoms with Crippen molar-refractivity contribution in [2.24, 2.45) is 16.6 Å². The zero-order valence-corrected chi connectivity index (χ0v) is 21.4. The van der Waals surface area contributed by atoms with Crippen molar-refractivity contribution in [1.82, 2.24) is 19.9 Å². The lowest BCUT2D eigenvalue weighted by Gasteiger charge is -2.17. The molecule has 3 heterocycles. The molecule has 184 valence electrons. The van der Waals surface area contributed by atoms with Crippen LogP contribution in [0.25, 0.3) is 22.3 Å². The fraction of sp³-hybridized carbons (Fsp3) is 0.393. The summed E-state index contributed by atoms with van der Waals surface area (Å²) in [4.78, 5) is 14.3. The Labute approximate surface area is 208 Å². The van der Waals surface area contributed by atoms with Crippen LogP contribution in [0.15, 0.2) is 48.1 Å². The normalized spacial score (nSPS) is 19.9. The van der Waals surface area contributed by atoms with E-state index in [-0.39, 0.29) is 0 Å². The second kappa shape index (κ2) is 10.9. The van der Waals surface area contributed by atoms with E-state index in [0.717, 1.165) is 89.7 Å². The van der Waals surface area contributed by atoms with Crippen LogP contribution in [-0.2, 0) is 13.1 Å². The third-order valence-corrected chi connectivity index (χ3v) is 6.64. The molecule has 0 aliphatic carbocycles. The third kappa shape index (κ3) is 5.46. The summed E-state index contributed by atoms with van der Waals surface area (Å²) in [6.45, 7) is 10.4. The third-order valence-electron chi connectivity index (χ3n) is 6.64. The molecular formula is C28H37N7. The van der Waals surface area contributed by atoms with E-state index in [1.54, 1.807) is 6.20 Å². The highest BCUT2D eigenvalue weighted by atomic mass is 15.2. The van der Waals surface area contributed by atoms with Crippen molar-refractivity contribution >= 4 is 34.0 Å². The number of hydrogen-bond donors (Lipinski definition) is 3. The van der Waals surface area contributed by atoms with Gasteiger partial charge < -0.3 is 20.9 Å². The Hall–Kier alpha value is -3.45. The zero-order valence-electron chi connectivity index (χ0n) is 21.4. The first-order valence-corrected chi connectivity index (χ1v) is 12.4. The maximum Gasteiger partial charge on any atom is 0.208 e. The van der Waals surface area contributed by atoms with E-state index in [1.165, 1.54) is 5.56 Å². The van der Waals surface area contributed by atoms with Gasteiger partial charge in [0, 0.05) is 54.6 Å². The van der Waals surface area contributed by atoms with E-state index >= 15 is 0 Å². The molecule has 7 heteroatoms. The van der Waals surface area contributed by atoms with Crippen molar-refractivity contribution in [2.45, 2.75) is 52.6 Å². The van der Waals surface area contributed by atoms with Crippen LogP contribution in [0.5, 0.6) is 0 Å². The van der Waals surface area contributed by atoms with Crippen molar-refractivity contribution in [3.05, 3.63) is 65.6 Å². The van der Waals surface area contributed by atoms with Crippen LogP contribution >= 0.6 is 0 Å². The van der Waals surface area contributed by atoms with Gasteiger partial charge in [-0.1, -0.05) is 26.0 Å². The average Bonchev–Trinajstić information content (AvgIpc) is 3.16. The molecule has 2 aromatic heterocycles. The van der Waals surface area contributed by atoms with E-state index in [4.69, 9.17) is 15.7 Å². The van der Waals surface area contributed by atoms with E-state index in [1.807, 2.05) is 33.2 Å². The first kappa shape index (κ1) is 24.7. The van der Waals surface area contributed by atoms with Gasteiger partial charge in [-0.25, -0.2) is 4.98 Å². The molecular weight excluding hydrogens is 434 g/mol. The summed E-state index contributed by atoms with van der Waals surface area (Å²) < 4.78 is 2.31. The van der Waals surface area contributed by atoms with Gasteiger partial charge in [0.25, 0.3) is 0 Å². The van der Waals surface area contributed by atoms with Gasteiger partial charge in [0.1, 0.15) is 0 Å². The molecule has 4 N–H and O–H groups in total. The van der Waals surface area contributed by atoms with Crippen LogP contribution < -0.4 is 16.4 Å².